The molecule has 5 heteroatoms. The molecule has 0 spiro atoms. The van der Waals surface area contributed by atoms with Gasteiger partial charge in [-0.3, -0.25) is 0 Å². The Morgan fingerprint density at radius 2 is 1.55 bits per heavy atom. The van der Waals surface area contributed by atoms with Gasteiger partial charge >= 0.3 is 6.18 Å². The Hall–Kier alpha value is -1.19. The van der Waals surface area contributed by atoms with Gasteiger partial charge in [0.15, 0.2) is 0 Å². The third kappa shape index (κ3) is 3.76. The summed E-state index contributed by atoms with van der Waals surface area (Å²) in [4.78, 5) is 0. The molecule has 0 aliphatic heterocycles. The topological polar surface area (TPSA) is 0 Å². The predicted molar refractivity (Wildman–Crippen MR) is 84.8 cm³/mol. The van der Waals surface area contributed by atoms with E-state index in [1.54, 1.807) is 6.92 Å². The summed E-state index contributed by atoms with van der Waals surface area (Å²) < 4.78 is 38.8. The second-order valence-electron chi connectivity index (χ2n) is 5.30. The monoisotopic (exact) mass is 346 g/mol. The molecule has 0 radical (unpaired) electrons. The summed E-state index contributed by atoms with van der Waals surface area (Å²) in [7, 11) is 0. The van der Waals surface area contributed by atoms with Crippen LogP contribution in [-0.2, 0) is 19.0 Å². The number of hydrogen-bond donors (Lipinski definition) is 0. The lowest BCUT2D eigenvalue weighted by Gasteiger charge is -2.15. The summed E-state index contributed by atoms with van der Waals surface area (Å²) in [5.41, 5.74) is 2.46. The molecule has 0 aliphatic rings. The average Bonchev–Trinajstić information content (AvgIpc) is 2.41. The molecule has 0 atom stereocenters. The lowest BCUT2D eigenvalue weighted by molar-refractivity contribution is -0.137. The van der Waals surface area contributed by atoms with Gasteiger partial charge in [-0.1, -0.05) is 41.4 Å². The van der Waals surface area contributed by atoms with E-state index < -0.39 is 11.7 Å². The molecule has 0 bridgehead atoms. The number of aryl methyl sites for hydroxylation is 3. The fourth-order valence-corrected chi connectivity index (χ4v) is 2.92. The van der Waals surface area contributed by atoms with Gasteiger partial charge in [-0.2, -0.15) is 13.2 Å². The van der Waals surface area contributed by atoms with E-state index in [1.165, 1.54) is 6.07 Å². The highest BCUT2D eigenvalue weighted by molar-refractivity contribution is 6.32. The van der Waals surface area contributed by atoms with Gasteiger partial charge in [-0.15, -0.1) is 0 Å². The van der Waals surface area contributed by atoms with Crippen molar-refractivity contribution in [2.75, 3.05) is 0 Å². The summed E-state index contributed by atoms with van der Waals surface area (Å²) in [5.74, 6) is 0. The lowest BCUT2D eigenvalue weighted by Crippen LogP contribution is -2.08. The quantitative estimate of drug-likeness (QED) is 0.601. The van der Waals surface area contributed by atoms with Gasteiger partial charge in [0.1, 0.15) is 0 Å². The van der Waals surface area contributed by atoms with Crippen molar-refractivity contribution < 1.29 is 13.2 Å². The Bertz CT molecular complexity index is 691. The van der Waals surface area contributed by atoms with Crippen LogP contribution in [0.15, 0.2) is 30.3 Å². The minimum absolute atomic E-state index is 0.203. The molecule has 22 heavy (non-hydrogen) atoms. The second kappa shape index (κ2) is 6.51. The highest BCUT2D eigenvalue weighted by Crippen LogP contribution is 2.37. The predicted octanol–water partition coefficient (Wildman–Crippen LogP) is 6.41. The summed E-state index contributed by atoms with van der Waals surface area (Å²) in [6.45, 7) is 3.67. The van der Waals surface area contributed by atoms with Crippen LogP contribution < -0.4 is 0 Å². The Balaban J connectivity index is 2.27. The van der Waals surface area contributed by atoms with E-state index in [2.05, 4.69) is 0 Å². The first-order valence-corrected chi connectivity index (χ1v) is 7.56. The minimum Gasteiger partial charge on any atom is -0.166 e. The molecule has 118 valence electrons. The maximum absolute atomic E-state index is 12.9. The molecule has 0 aliphatic carbocycles. The van der Waals surface area contributed by atoms with Crippen LogP contribution in [0.3, 0.4) is 0 Å². The van der Waals surface area contributed by atoms with E-state index in [9.17, 15) is 13.2 Å². The smallest absolute Gasteiger partial charge is 0.166 e. The van der Waals surface area contributed by atoms with Gasteiger partial charge in [0, 0.05) is 5.02 Å². The summed E-state index contributed by atoms with van der Waals surface area (Å²) in [6, 6.07) is 8.17. The Morgan fingerprint density at radius 1 is 0.909 bits per heavy atom. The zero-order valence-corrected chi connectivity index (χ0v) is 13.7. The van der Waals surface area contributed by atoms with Gasteiger partial charge in [-0.05, 0) is 61.1 Å². The maximum Gasteiger partial charge on any atom is 0.417 e. The molecule has 0 saturated carbocycles. The van der Waals surface area contributed by atoms with Crippen LogP contribution in [0.4, 0.5) is 13.2 Å². The molecule has 0 unspecified atom stereocenters. The van der Waals surface area contributed by atoms with Gasteiger partial charge in [0.05, 0.1) is 10.6 Å². The number of hydrogen-bond acceptors (Lipinski definition) is 0. The van der Waals surface area contributed by atoms with Crippen LogP contribution >= 0.6 is 23.2 Å². The molecular formula is C17H15Cl2F3. The first-order chi connectivity index (χ1) is 10.2. The van der Waals surface area contributed by atoms with Gasteiger partial charge in [-0.25, -0.2) is 0 Å². The van der Waals surface area contributed by atoms with E-state index in [-0.39, 0.29) is 5.02 Å². The van der Waals surface area contributed by atoms with Crippen molar-refractivity contribution in [1.29, 1.82) is 0 Å². The fourth-order valence-electron chi connectivity index (χ4n) is 2.30. The van der Waals surface area contributed by atoms with Crippen molar-refractivity contribution in [3.05, 3.63) is 68.2 Å². The third-order valence-electron chi connectivity index (χ3n) is 3.68. The van der Waals surface area contributed by atoms with Crippen LogP contribution in [0.2, 0.25) is 10.0 Å². The van der Waals surface area contributed by atoms with Crippen LogP contribution in [0.25, 0.3) is 0 Å². The number of alkyl halides is 3. The van der Waals surface area contributed by atoms with Crippen LogP contribution in [0, 0.1) is 13.8 Å². The Morgan fingerprint density at radius 3 is 2.14 bits per heavy atom. The van der Waals surface area contributed by atoms with E-state index in [0.29, 0.717) is 23.4 Å². The number of benzene rings is 2. The minimum atomic E-state index is -4.44. The van der Waals surface area contributed by atoms with E-state index in [4.69, 9.17) is 23.2 Å². The largest absolute Gasteiger partial charge is 0.417 e. The zero-order valence-electron chi connectivity index (χ0n) is 12.2. The molecule has 0 heterocycles. The molecule has 0 fully saturated rings. The van der Waals surface area contributed by atoms with Crippen molar-refractivity contribution in [2.45, 2.75) is 32.9 Å². The van der Waals surface area contributed by atoms with Crippen molar-refractivity contribution in [3.63, 3.8) is 0 Å². The van der Waals surface area contributed by atoms with Gasteiger partial charge in [0.2, 0.25) is 0 Å². The van der Waals surface area contributed by atoms with E-state index in [1.807, 2.05) is 25.1 Å². The Labute approximate surface area is 137 Å². The first kappa shape index (κ1) is 17.2. The van der Waals surface area contributed by atoms with E-state index >= 15 is 0 Å². The molecule has 2 aromatic carbocycles. The molecule has 2 aromatic rings. The second-order valence-corrected chi connectivity index (χ2v) is 6.09. The zero-order chi connectivity index (χ0) is 16.5. The van der Waals surface area contributed by atoms with Gasteiger partial charge < -0.3 is 0 Å². The number of rotatable bonds is 3. The number of halogens is 5. The van der Waals surface area contributed by atoms with Crippen LogP contribution in [-0.4, -0.2) is 0 Å². The standard InChI is InChI=1S/C17H15Cl2F3/c1-10-4-8-14(17(20,21)22)16(19)13(10)7-6-12-5-3-11(2)15(18)9-12/h3-5,8-9H,6-7H2,1-2H3. The SMILES string of the molecule is Cc1ccc(CCc2c(C)ccc(C(F)(F)F)c2Cl)cc1Cl. The van der Waals surface area contributed by atoms with Crippen LogP contribution in [0.1, 0.15) is 27.8 Å². The lowest BCUT2D eigenvalue weighted by atomic mass is 9.97. The van der Waals surface area contributed by atoms with Crippen molar-refractivity contribution >= 4 is 23.2 Å². The van der Waals surface area contributed by atoms with Crippen LogP contribution in [0.5, 0.6) is 0 Å². The molecule has 0 aromatic heterocycles. The summed E-state index contributed by atoms with van der Waals surface area (Å²) in [6.07, 6.45) is -3.41. The molecule has 0 amide bonds. The molecule has 0 nitrogen and oxygen atoms in total. The Kier molecular flexibility index (Phi) is 5.08. The molecule has 2 rings (SSSR count). The van der Waals surface area contributed by atoms with E-state index in [0.717, 1.165) is 22.8 Å². The summed E-state index contributed by atoms with van der Waals surface area (Å²) >= 11 is 12.0. The molecule has 0 N–H and O–H groups in total. The normalized spacial score (nSPS) is 11.8. The highest BCUT2D eigenvalue weighted by atomic mass is 35.5. The van der Waals surface area contributed by atoms with Crippen molar-refractivity contribution in [2.24, 2.45) is 0 Å². The highest BCUT2D eigenvalue weighted by Gasteiger charge is 2.34. The average molecular weight is 347 g/mol. The fraction of sp³-hybridized carbons (Fsp3) is 0.294. The van der Waals surface area contributed by atoms with Gasteiger partial charge in [0.25, 0.3) is 0 Å². The molecular weight excluding hydrogens is 332 g/mol. The van der Waals surface area contributed by atoms with Crippen molar-refractivity contribution in [3.8, 4) is 0 Å². The third-order valence-corrected chi connectivity index (χ3v) is 4.52. The summed E-state index contributed by atoms with van der Waals surface area (Å²) in [5, 5.41) is 0.454. The maximum atomic E-state index is 12.9. The first-order valence-electron chi connectivity index (χ1n) is 6.80. The molecule has 0 saturated heterocycles. The van der Waals surface area contributed by atoms with Crippen molar-refractivity contribution in [1.82, 2.24) is 0 Å².